The normalized spacial score (nSPS) is 31.8. The lowest BCUT2D eigenvalue weighted by Crippen LogP contribution is -2.45. The van der Waals surface area contributed by atoms with E-state index < -0.39 is 5.92 Å². The molecule has 2 aliphatic rings. The Bertz CT molecular complexity index is 208. The first-order valence-corrected chi connectivity index (χ1v) is 4.88. The molecule has 2 fully saturated rings. The maximum atomic E-state index is 13.1. The van der Waals surface area contributed by atoms with Crippen LogP contribution in [0.1, 0.15) is 25.7 Å². The fraction of sp³-hybridized carbons (Fsp3) is 1.00. The lowest BCUT2D eigenvalue weighted by Gasteiger charge is -2.37. The number of rotatable bonds is 0. The number of hydrogen-bond donors (Lipinski definition) is 2. The summed E-state index contributed by atoms with van der Waals surface area (Å²) >= 11 is 0. The monoisotopic (exact) mass is 262 g/mol. The third-order valence-corrected chi connectivity index (χ3v) is 3.52. The molecule has 0 aromatic rings. The zero-order valence-corrected chi connectivity index (χ0v) is 10.1. The van der Waals surface area contributed by atoms with Crippen LogP contribution in [0.4, 0.5) is 8.78 Å². The molecule has 1 saturated carbocycles. The van der Waals surface area contributed by atoms with Gasteiger partial charge in [0.1, 0.15) is 0 Å². The first kappa shape index (κ1) is 15.4. The summed E-state index contributed by atoms with van der Waals surface area (Å²) in [5.74, 6) is -2.52. The molecule has 2 nitrogen and oxygen atoms in total. The van der Waals surface area contributed by atoms with Gasteiger partial charge in [0.25, 0.3) is 0 Å². The van der Waals surface area contributed by atoms with E-state index in [1.165, 1.54) is 0 Å². The number of nitrogens with one attached hydrogen (secondary N) is 1. The molecule has 0 amide bonds. The highest BCUT2D eigenvalue weighted by molar-refractivity contribution is 5.85. The Morgan fingerprint density at radius 3 is 2.07 bits per heavy atom. The number of nitrogens with two attached hydrogens (primary N) is 1. The van der Waals surface area contributed by atoms with Crippen LogP contribution < -0.4 is 11.1 Å². The molecule has 0 bridgehead atoms. The Labute approximate surface area is 101 Å². The van der Waals surface area contributed by atoms with E-state index in [1.807, 2.05) is 0 Å². The second-order valence-corrected chi connectivity index (χ2v) is 4.46. The minimum atomic E-state index is -2.52. The van der Waals surface area contributed by atoms with Crippen molar-refractivity contribution in [3.05, 3.63) is 0 Å². The van der Waals surface area contributed by atoms with Crippen LogP contribution in [0.25, 0.3) is 0 Å². The molecule has 1 aliphatic heterocycles. The second kappa shape index (κ2) is 5.13. The minimum Gasteiger partial charge on any atom is -0.327 e. The Kier molecular flexibility index (Phi) is 5.25. The van der Waals surface area contributed by atoms with Gasteiger partial charge < -0.3 is 11.1 Å². The minimum absolute atomic E-state index is 0. The Morgan fingerprint density at radius 2 is 1.67 bits per heavy atom. The predicted molar refractivity (Wildman–Crippen MR) is 61.2 cm³/mol. The molecule has 92 valence electrons. The van der Waals surface area contributed by atoms with E-state index >= 15 is 0 Å². The van der Waals surface area contributed by atoms with Crippen LogP contribution in [0.15, 0.2) is 0 Å². The molecule has 1 spiro atoms. The molecule has 3 N–H and O–H groups in total. The van der Waals surface area contributed by atoms with E-state index in [2.05, 4.69) is 5.32 Å². The van der Waals surface area contributed by atoms with Gasteiger partial charge in [-0.2, -0.15) is 0 Å². The summed E-state index contributed by atoms with van der Waals surface area (Å²) in [6, 6.07) is -0.301. The van der Waals surface area contributed by atoms with Gasteiger partial charge in [-0.3, -0.25) is 0 Å². The van der Waals surface area contributed by atoms with Gasteiger partial charge in [-0.25, -0.2) is 8.78 Å². The van der Waals surface area contributed by atoms with Gasteiger partial charge in [-0.05, 0) is 31.3 Å². The predicted octanol–water partition coefficient (Wildman–Crippen LogP) is 1.96. The number of alkyl halides is 2. The maximum absolute atomic E-state index is 13.1. The SMILES string of the molecule is Cl.Cl.NC1CC(F)(F)CC12CCNCC2. The maximum Gasteiger partial charge on any atom is 0.250 e. The average molecular weight is 263 g/mol. The Balaban J connectivity index is 0.000000980. The molecule has 15 heavy (non-hydrogen) atoms. The molecular weight excluding hydrogens is 245 g/mol. The second-order valence-electron chi connectivity index (χ2n) is 4.46. The first-order valence-electron chi connectivity index (χ1n) is 4.88. The fourth-order valence-corrected chi connectivity index (χ4v) is 2.73. The van der Waals surface area contributed by atoms with E-state index in [1.54, 1.807) is 0 Å². The standard InChI is InChI=1S/C9H16F2N2.2ClH/c10-9(11)5-7(12)8(6-9)1-3-13-4-2-8;;/h7,13H,1-6,12H2;2*1H. The zero-order valence-electron chi connectivity index (χ0n) is 8.47. The van der Waals surface area contributed by atoms with Crippen molar-refractivity contribution >= 4 is 24.8 Å². The van der Waals surface area contributed by atoms with Crippen molar-refractivity contribution in [2.45, 2.75) is 37.6 Å². The van der Waals surface area contributed by atoms with Gasteiger partial charge in [-0.1, -0.05) is 0 Å². The van der Waals surface area contributed by atoms with Crippen LogP contribution >= 0.6 is 24.8 Å². The summed E-state index contributed by atoms with van der Waals surface area (Å²) < 4.78 is 26.2. The van der Waals surface area contributed by atoms with Crippen molar-refractivity contribution in [3.63, 3.8) is 0 Å². The largest absolute Gasteiger partial charge is 0.327 e. The van der Waals surface area contributed by atoms with Crippen molar-refractivity contribution in [1.29, 1.82) is 0 Å². The van der Waals surface area contributed by atoms with Gasteiger partial charge in [-0.15, -0.1) is 24.8 Å². The molecule has 0 aromatic carbocycles. The third kappa shape index (κ3) is 2.93. The van der Waals surface area contributed by atoms with Crippen LogP contribution in [0.5, 0.6) is 0 Å². The highest BCUT2D eigenvalue weighted by Gasteiger charge is 2.54. The molecule has 2 rings (SSSR count). The van der Waals surface area contributed by atoms with E-state index in [4.69, 9.17) is 5.73 Å². The van der Waals surface area contributed by atoms with E-state index in [-0.39, 0.29) is 49.1 Å². The molecule has 1 heterocycles. The Morgan fingerprint density at radius 1 is 1.13 bits per heavy atom. The van der Waals surface area contributed by atoms with Gasteiger partial charge in [0.15, 0.2) is 0 Å². The molecule has 1 saturated heterocycles. The van der Waals surface area contributed by atoms with Crippen LogP contribution in [-0.2, 0) is 0 Å². The molecule has 1 atom stereocenters. The number of piperidine rings is 1. The van der Waals surface area contributed by atoms with Crippen LogP contribution in [0.3, 0.4) is 0 Å². The van der Waals surface area contributed by atoms with Crippen LogP contribution in [0.2, 0.25) is 0 Å². The molecule has 1 unspecified atom stereocenters. The smallest absolute Gasteiger partial charge is 0.250 e. The van der Waals surface area contributed by atoms with Gasteiger partial charge in [0, 0.05) is 18.9 Å². The van der Waals surface area contributed by atoms with E-state index in [9.17, 15) is 8.78 Å². The fourth-order valence-electron chi connectivity index (χ4n) is 2.73. The van der Waals surface area contributed by atoms with Crippen molar-refractivity contribution in [3.8, 4) is 0 Å². The molecule has 1 aliphatic carbocycles. The Hall–Kier alpha value is 0.360. The van der Waals surface area contributed by atoms with Gasteiger partial charge >= 0.3 is 0 Å². The summed E-state index contributed by atoms with van der Waals surface area (Å²) in [6.45, 7) is 1.67. The lowest BCUT2D eigenvalue weighted by atomic mass is 9.75. The molecule has 6 heteroatoms. The van der Waals surface area contributed by atoms with Crippen molar-refractivity contribution < 1.29 is 8.78 Å². The molecular formula is C9H18Cl2F2N2. The van der Waals surface area contributed by atoms with Crippen LogP contribution in [-0.4, -0.2) is 25.1 Å². The third-order valence-electron chi connectivity index (χ3n) is 3.52. The highest BCUT2D eigenvalue weighted by Crippen LogP contribution is 2.51. The van der Waals surface area contributed by atoms with Crippen LogP contribution in [0, 0.1) is 5.41 Å². The first-order chi connectivity index (χ1) is 6.04. The van der Waals surface area contributed by atoms with E-state index in [0.29, 0.717) is 0 Å². The summed E-state index contributed by atoms with van der Waals surface area (Å²) in [5.41, 5.74) is 5.54. The summed E-state index contributed by atoms with van der Waals surface area (Å²) in [6.07, 6.45) is 1.50. The van der Waals surface area contributed by atoms with Crippen molar-refractivity contribution in [2.75, 3.05) is 13.1 Å². The van der Waals surface area contributed by atoms with Crippen molar-refractivity contribution in [2.24, 2.45) is 11.1 Å². The van der Waals surface area contributed by atoms with Gasteiger partial charge in [0.05, 0.1) is 0 Å². The lowest BCUT2D eigenvalue weighted by molar-refractivity contribution is -0.00756. The van der Waals surface area contributed by atoms with Crippen molar-refractivity contribution in [1.82, 2.24) is 5.32 Å². The highest BCUT2D eigenvalue weighted by atomic mass is 35.5. The number of halogens is 4. The number of hydrogen-bond acceptors (Lipinski definition) is 2. The average Bonchev–Trinajstić information content (AvgIpc) is 2.23. The summed E-state index contributed by atoms with van der Waals surface area (Å²) in [4.78, 5) is 0. The zero-order chi connectivity index (χ0) is 9.53. The quantitative estimate of drug-likeness (QED) is 0.701. The summed E-state index contributed by atoms with van der Waals surface area (Å²) in [7, 11) is 0. The molecule has 0 aromatic heterocycles. The summed E-state index contributed by atoms with van der Waals surface area (Å²) in [5, 5.41) is 3.18. The topological polar surface area (TPSA) is 38.0 Å². The van der Waals surface area contributed by atoms with Gasteiger partial charge in [0.2, 0.25) is 5.92 Å². The van der Waals surface area contributed by atoms with E-state index in [0.717, 1.165) is 25.9 Å². The molecule has 0 radical (unpaired) electrons.